The van der Waals surface area contributed by atoms with E-state index in [4.69, 9.17) is 5.14 Å². The van der Waals surface area contributed by atoms with Crippen LogP contribution >= 0.6 is 12.4 Å². The Hall–Kier alpha value is -2.48. The molecule has 1 aromatic carbocycles. The van der Waals surface area contributed by atoms with Crippen LogP contribution in [0.25, 0.3) is 0 Å². The quantitative estimate of drug-likeness (QED) is 0.625. The molecule has 0 fully saturated rings. The van der Waals surface area contributed by atoms with Crippen LogP contribution in [-0.4, -0.2) is 23.8 Å². The maximum atomic E-state index is 13.1. The summed E-state index contributed by atoms with van der Waals surface area (Å²) in [5.41, 5.74) is 3.74. The average Bonchev–Trinajstić information content (AvgIpc) is 3.02. The van der Waals surface area contributed by atoms with E-state index in [1.165, 1.54) is 13.1 Å². The molecule has 2 heterocycles. The van der Waals surface area contributed by atoms with Crippen LogP contribution in [0.4, 0.5) is 0 Å². The molecule has 0 radical (unpaired) electrons. The summed E-state index contributed by atoms with van der Waals surface area (Å²) in [6, 6.07) is 12.2. The second kappa shape index (κ2) is 8.10. The lowest BCUT2D eigenvalue weighted by atomic mass is 9.98. The van der Waals surface area contributed by atoms with Crippen LogP contribution in [0.3, 0.4) is 0 Å². The molecule has 3 rings (SSSR count). The third-order valence-corrected chi connectivity index (χ3v) is 6.83. The predicted molar refractivity (Wildman–Crippen MR) is 116 cm³/mol. The van der Waals surface area contributed by atoms with Crippen LogP contribution in [0.1, 0.15) is 45.4 Å². The first-order valence-corrected chi connectivity index (χ1v) is 10.3. The number of carbonyl (C=O) groups is 1. The van der Waals surface area contributed by atoms with Crippen molar-refractivity contribution in [2.24, 2.45) is 12.2 Å². The van der Waals surface area contributed by atoms with E-state index in [0.717, 1.165) is 11.1 Å². The van der Waals surface area contributed by atoms with Gasteiger partial charge in [0.2, 0.25) is 15.8 Å². The van der Waals surface area contributed by atoms with Gasteiger partial charge < -0.3 is 4.57 Å². The number of nitrogens with two attached hydrogens (primary N) is 1. The number of hydrogen-bond acceptors (Lipinski definition) is 4. The Balaban J connectivity index is 0.00000300. The first-order chi connectivity index (χ1) is 13.1. The van der Waals surface area contributed by atoms with Crippen LogP contribution in [0.5, 0.6) is 0 Å². The normalized spacial score (nSPS) is 13.4. The van der Waals surface area contributed by atoms with Crippen molar-refractivity contribution in [1.82, 2.24) is 9.55 Å². The van der Waals surface area contributed by atoms with Gasteiger partial charge in [0, 0.05) is 30.7 Å². The van der Waals surface area contributed by atoms with Crippen molar-refractivity contribution in [1.29, 1.82) is 0 Å². The van der Waals surface area contributed by atoms with Crippen LogP contribution < -0.4 is 5.14 Å². The minimum absolute atomic E-state index is 0. The summed E-state index contributed by atoms with van der Waals surface area (Å²) in [4.78, 5) is 17.1. The highest BCUT2D eigenvalue weighted by Gasteiger charge is 2.43. The molecule has 0 saturated heterocycles. The number of aryl methyl sites for hydroxylation is 2. The van der Waals surface area contributed by atoms with Crippen molar-refractivity contribution >= 4 is 28.2 Å². The smallest absolute Gasteiger partial charge is 0.224 e. The van der Waals surface area contributed by atoms with E-state index >= 15 is 0 Å². The van der Waals surface area contributed by atoms with Gasteiger partial charge in [-0.05, 0) is 50.1 Å². The highest BCUT2D eigenvalue weighted by atomic mass is 35.5. The molecular formula is C21H24ClN3O3S. The lowest BCUT2D eigenvalue weighted by Crippen LogP contribution is -2.41. The van der Waals surface area contributed by atoms with E-state index in [9.17, 15) is 13.2 Å². The predicted octanol–water partition coefficient (Wildman–Crippen LogP) is 3.24. The van der Waals surface area contributed by atoms with E-state index in [2.05, 4.69) is 4.98 Å². The number of aromatic nitrogens is 2. The number of pyridine rings is 1. The van der Waals surface area contributed by atoms with Crippen molar-refractivity contribution in [3.63, 3.8) is 0 Å². The maximum absolute atomic E-state index is 13.1. The Morgan fingerprint density at radius 3 is 2.38 bits per heavy atom. The summed E-state index contributed by atoms with van der Waals surface area (Å²) >= 11 is 0. The number of hydrogen-bond donors (Lipinski definition) is 1. The molecule has 0 saturated carbocycles. The second-order valence-electron chi connectivity index (χ2n) is 7.13. The van der Waals surface area contributed by atoms with Crippen molar-refractivity contribution < 1.29 is 13.2 Å². The van der Waals surface area contributed by atoms with E-state index < -0.39 is 14.8 Å². The van der Waals surface area contributed by atoms with E-state index in [-0.39, 0.29) is 18.2 Å². The summed E-state index contributed by atoms with van der Waals surface area (Å²) in [5.74, 6) is -0.172. The van der Waals surface area contributed by atoms with E-state index in [1.807, 2.05) is 26.0 Å². The highest BCUT2D eigenvalue weighted by molar-refractivity contribution is 7.90. The molecule has 154 valence electrons. The van der Waals surface area contributed by atoms with Crippen LogP contribution in [0, 0.1) is 13.8 Å². The summed E-state index contributed by atoms with van der Waals surface area (Å²) in [5, 5.41) is 5.63. The summed E-state index contributed by atoms with van der Waals surface area (Å²) in [6.07, 6.45) is 3.04. The molecule has 8 heteroatoms. The van der Waals surface area contributed by atoms with Gasteiger partial charge in [-0.15, -0.1) is 12.4 Å². The van der Waals surface area contributed by atoms with E-state index in [1.54, 1.807) is 48.1 Å². The molecule has 0 aliphatic rings. The number of ketones is 1. The molecule has 6 nitrogen and oxygen atoms in total. The lowest BCUT2D eigenvalue weighted by Gasteiger charge is -2.28. The molecule has 0 aliphatic heterocycles. The average molecular weight is 434 g/mol. The molecule has 0 aliphatic carbocycles. The van der Waals surface area contributed by atoms with Gasteiger partial charge in [-0.2, -0.15) is 0 Å². The molecule has 29 heavy (non-hydrogen) atoms. The minimum atomic E-state index is -4.06. The van der Waals surface area contributed by atoms with Crippen molar-refractivity contribution in [2.75, 3.05) is 0 Å². The van der Waals surface area contributed by atoms with Gasteiger partial charge in [-0.1, -0.05) is 29.8 Å². The molecule has 0 spiro atoms. The second-order valence-corrected chi connectivity index (χ2v) is 9.04. The van der Waals surface area contributed by atoms with Gasteiger partial charge in [0.25, 0.3) is 0 Å². The fourth-order valence-electron chi connectivity index (χ4n) is 3.53. The van der Waals surface area contributed by atoms with Crippen molar-refractivity contribution in [3.05, 3.63) is 88.5 Å². The number of primary sulfonamides is 1. The molecular weight excluding hydrogens is 410 g/mol. The number of nitrogens with zero attached hydrogens (tertiary/aromatic N) is 2. The SMILES string of the molecule is Cc1ccc(C(=O)c2ccc(C(C)(c3cccnc3)S(N)(=O)=O)n2C)c(C)c1.Cl. The summed E-state index contributed by atoms with van der Waals surface area (Å²) in [7, 11) is -2.38. The van der Waals surface area contributed by atoms with Crippen LogP contribution in [0.15, 0.2) is 54.9 Å². The molecule has 0 bridgehead atoms. The lowest BCUT2D eigenvalue weighted by molar-refractivity contribution is 0.103. The minimum Gasteiger partial charge on any atom is -0.343 e. The first-order valence-electron chi connectivity index (χ1n) is 8.78. The molecule has 0 amide bonds. The third-order valence-electron chi connectivity index (χ3n) is 5.25. The molecule has 1 unspecified atom stereocenters. The number of rotatable bonds is 5. The van der Waals surface area contributed by atoms with Crippen molar-refractivity contribution in [3.8, 4) is 0 Å². The van der Waals surface area contributed by atoms with Crippen molar-refractivity contribution in [2.45, 2.75) is 25.5 Å². The summed E-state index contributed by atoms with van der Waals surface area (Å²) < 4.78 is 25.2. The standard InChI is InChI=1S/C21H23N3O3S.ClH/c1-14-7-8-17(15(2)12-14)20(25)18-9-10-19(24(18)4)21(3,28(22,26)27)16-6-5-11-23-13-16;/h5-13H,1-4H3,(H2,22,26,27);1H. The van der Waals surface area contributed by atoms with Gasteiger partial charge in [-0.3, -0.25) is 9.78 Å². The fraction of sp³-hybridized carbons (Fsp3) is 0.238. The first kappa shape index (κ1) is 22.8. The van der Waals surface area contributed by atoms with Gasteiger partial charge in [0.1, 0.15) is 4.75 Å². The topological polar surface area (TPSA) is 95.1 Å². The van der Waals surface area contributed by atoms with E-state index in [0.29, 0.717) is 22.5 Å². The Labute approximate surface area is 177 Å². The van der Waals surface area contributed by atoms with Crippen LogP contribution in [0.2, 0.25) is 0 Å². The molecule has 3 aromatic rings. The monoisotopic (exact) mass is 433 g/mol. The molecule has 2 N–H and O–H groups in total. The number of benzene rings is 1. The molecule has 1 atom stereocenters. The Bertz CT molecular complexity index is 1160. The zero-order chi connectivity index (χ0) is 20.7. The molecule has 2 aromatic heterocycles. The number of sulfonamides is 1. The Morgan fingerprint density at radius 1 is 1.14 bits per heavy atom. The van der Waals surface area contributed by atoms with Gasteiger partial charge in [0.15, 0.2) is 0 Å². The largest absolute Gasteiger partial charge is 0.343 e. The number of halogens is 1. The Morgan fingerprint density at radius 2 is 1.83 bits per heavy atom. The van der Waals surface area contributed by atoms with Gasteiger partial charge in [-0.25, -0.2) is 13.6 Å². The Kier molecular flexibility index (Phi) is 6.37. The summed E-state index contributed by atoms with van der Waals surface area (Å²) in [6.45, 7) is 5.38. The zero-order valence-electron chi connectivity index (χ0n) is 16.7. The highest BCUT2D eigenvalue weighted by Crippen LogP contribution is 2.36. The maximum Gasteiger partial charge on any atom is 0.224 e. The van der Waals surface area contributed by atoms with Crippen LogP contribution in [-0.2, 0) is 21.8 Å². The number of carbonyl (C=O) groups excluding carboxylic acids is 1. The third kappa shape index (κ3) is 3.85. The fourth-order valence-corrected chi connectivity index (χ4v) is 4.47. The van der Waals surface area contributed by atoms with Gasteiger partial charge >= 0.3 is 0 Å². The van der Waals surface area contributed by atoms with Gasteiger partial charge in [0.05, 0.1) is 5.69 Å². The zero-order valence-corrected chi connectivity index (χ0v) is 18.3.